The summed E-state index contributed by atoms with van der Waals surface area (Å²) in [6.45, 7) is 5.86. The number of nitrogens with one attached hydrogen (secondary N) is 3. The van der Waals surface area contributed by atoms with Crippen LogP contribution in [0.2, 0.25) is 0 Å². The maximum atomic E-state index is 13.9. The molecule has 1 aromatic carbocycles. The number of rotatable bonds is 7. The average Bonchev–Trinajstić information content (AvgIpc) is 3.28. The zero-order valence-electron chi connectivity index (χ0n) is 16.7. The van der Waals surface area contributed by atoms with Gasteiger partial charge in [0, 0.05) is 6.20 Å². The summed E-state index contributed by atoms with van der Waals surface area (Å²) < 4.78 is 32.9. The molecule has 158 valence electrons. The van der Waals surface area contributed by atoms with Crippen LogP contribution in [0.25, 0.3) is 11.5 Å². The third kappa shape index (κ3) is 4.37. The molecule has 3 aromatic rings. The summed E-state index contributed by atoms with van der Waals surface area (Å²) in [6.07, 6.45) is 1.88. The third-order valence-electron chi connectivity index (χ3n) is 4.16. The Morgan fingerprint density at radius 2 is 1.93 bits per heavy atom. The van der Waals surface area contributed by atoms with Crippen molar-refractivity contribution < 1.29 is 23.1 Å². The number of benzene rings is 1. The molecule has 1 amide bonds. The second-order valence-corrected chi connectivity index (χ2v) is 6.93. The van der Waals surface area contributed by atoms with Gasteiger partial charge < -0.3 is 15.0 Å². The van der Waals surface area contributed by atoms with E-state index < -0.39 is 29.1 Å². The summed E-state index contributed by atoms with van der Waals surface area (Å²) in [5.41, 5.74) is 0.306. The van der Waals surface area contributed by atoms with E-state index in [0.717, 1.165) is 12.1 Å². The highest BCUT2D eigenvalue weighted by Crippen LogP contribution is 2.26. The first kappa shape index (κ1) is 21.2. The summed E-state index contributed by atoms with van der Waals surface area (Å²) in [6, 6.07) is 3.15. The molecule has 2 aromatic heterocycles. The van der Waals surface area contributed by atoms with Gasteiger partial charge in [0.25, 0.3) is 5.91 Å². The molecule has 0 aliphatic rings. The third-order valence-corrected chi connectivity index (χ3v) is 4.16. The van der Waals surface area contributed by atoms with E-state index in [4.69, 9.17) is 4.74 Å². The lowest BCUT2D eigenvalue weighted by Gasteiger charge is -2.06. The van der Waals surface area contributed by atoms with Gasteiger partial charge in [-0.3, -0.25) is 9.89 Å². The van der Waals surface area contributed by atoms with Gasteiger partial charge in [-0.2, -0.15) is 5.10 Å². The largest absolute Gasteiger partial charge is 0.461 e. The molecule has 0 radical (unpaired) electrons. The van der Waals surface area contributed by atoms with Gasteiger partial charge in [-0.25, -0.2) is 18.6 Å². The van der Waals surface area contributed by atoms with Crippen molar-refractivity contribution in [2.24, 2.45) is 5.92 Å². The molecule has 0 saturated heterocycles. The number of aromatic nitrogens is 4. The van der Waals surface area contributed by atoms with Crippen LogP contribution in [0.4, 0.5) is 14.5 Å². The summed E-state index contributed by atoms with van der Waals surface area (Å²) >= 11 is 0. The van der Waals surface area contributed by atoms with Crippen LogP contribution in [0.1, 0.15) is 47.3 Å². The van der Waals surface area contributed by atoms with E-state index in [0.29, 0.717) is 12.1 Å². The highest BCUT2D eigenvalue weighted by Gasteiger charge is 2.24. The number of amides is 1. The fourth-order valence-corrected chi connectivity index (χ4v) is 2.91. The van der Waals surface area contributed by atoms with Gasteiger partial charge in [-0.15, -0.1) is 0 Å². The Morgan fingerprint density at radius 1 is 1.23 bits per heavy atom. The number of nitrogens with zero attached hydrogens (tertiary/aromatic N) is 2. The molecular formula is C20H21F2N5O3. The second-order valence-electron chi connectivity index (χ2n) is 6.93. The highest BCUT2D eigenvalue weighted by atomic mass is 19.1. The molecule has 30 heavy (non-hydrogen) atoms. The number of ether oxygens (including phenoxy) is 1. The molecule has 0 aliphatic heterocycles. The first-order valence-electron chi connectivity index (χ1n) is 9.37. The number of halogens is 2. The molecule has 0 aliphatic carbocycles. The average molecular weight is 417 g/mol. The molecule has 3 rings (SSSR count). The number of anilines is 1. The quantitative estimate of drug-likeness (QED) is 0.508. The molecule has 0 spiro atoms. The van der Waals surface area contributed by atoms with Gasteiger partial charge in [-0.1, -0.05) is 19.9 Å². The maximum Gasteiger partial charge on any atom is 0.358 e. The summed E-state index contributed by atoms with van der Waals surface area (Å²) in [7, 11) is 0. The van der Waals surface area contributed by atoms with Crippen molar-refractivity contribution in [1.29, 1.82) is 0 Å². The second kappa shape index (κ2) is 8.85. The number of aromatic amines is 2. The van der Waals surface area contributed by atoms with E-state index >= 15 is 0 Å². The Bertz CT molecular complexity index is 1050. The summed E-state index contributed by atoms with van der Waals surface area (Å²) in [5.74, 6) is -3.09. The van der Waals surface area contributed by atoms with Crippen molar-refractivity contribution in [2.45, 2.75) is 27.2 Å². The van der Waals surface area contributed by atoms with Gasteiger partial charge in [0.2, 0.25) is 0 Å². The molecule has 10 heteroatoms. The van der Waals surface area contributed by atoms with Crippen molar-refractivity contribution in [3.05, 3.63) is 53.0 Å². The van der Waals surface area contributed by atoms with E-state index in [1.165, 1.54) is 12.3 Å². The molecule has 0 saturated carbocycles. The molecule has 0 unspecified atom stereocenters. The first-order chi connectivity index (χ1) is 14.3. The normalized spacial score (nSPS) is 11.0. The van der Waals surface area contributed by atoms with Crippen LogP contribution in [-0.2, 0) is 11.2 Å². The van der Waals surface area contributed by atoms with Gasteiger partial charge in [0.1, 0.15) is 17.2 Å². The number of hydrogen-bond acceptors (Lipinski definition) is 5. The Hall–Kier alpha value is -3.56. The van der Waals surface area contributed by atoms with Crippen LogP contribution in [-0.4, -0.2) is 38.6 Å². The van der Waals surface area contributed by atoms with Crippen LogP contribution in [0.3, 0.4) is 0 Å². The van der Waals surface area contributed by atoms with E-state index in [2.05, 4.69) is 25.5 Å². The highest BCUT2D eigenvalue weighted by molar-refractivity contribution is 6.06. The number of hydrogen-bond donors (Lipinski definition) is 3. The lowest BCUT2D eigenvalue weighted by atomic mass is 10.1. The van der Waals surface area contributed by atoms with E-state index in [9.17, 15) is 18.4 Å². The number of esters is 1. The number of H-pyrrole nitrogens is 2. The van der Waals surface area contributed by atoms with Gasteiger partial charge in [-0.05, 0) is 31.4 Å². The molecular weight excluding hydrogens is 396 g/mol. The standard InChI is InChI=1S/C20H21F2N5O3/c1-4-30-20(29)17-13(8-10(2)3)24-18(26-17)16-14(9-23-27-16)25-19(28)15-11(21)6-5-7-12(15)22/h5-7,9-10H,4,8H2,1-3H3,(H,23,27)(H,24,26)(H,25,28). The summed E-state index contributed by atoms with van der Waals surface area (Å²) in [5, 5.41) is 9.04. The van der Waals surface area contributed by atoms with E-state index in [-0.39, 0.29) is 35.4 Å². The van der Waals surface area contributed by atoms with Crippen molar-refractivity contribution in [3.8, 4) is 11.5 Å². The Labute approximate surface area is 171 Å². The van der Waals surface area contributed by atoms with Gasteiger partial charge >= 0.3 is 5.97 Å². The molecule has 3 N–H and O–H groups in total. The molecule has 0 bridgehead atoms. The van der Waals surface area contributed by atoms with E-state index in [1.807, 2.05) is 13.8 Å². The lowest BCUT2D eigenvalue weighted by Crippen LogP contribution is -2.16. The van der Waals surface area contributed by atoms with Crippen molar-refractivity contribution >= 4 is 17.6 Å². The predicted molar refractivity (Wildman–Crippen MR) is 105 cm³/mol. The topological polar surface area (TPSA) is 113 Å². The van der Waals surface area contributed by atoms with Crippen molar-refractivity contribution in [3.63, 3.8) is 0 Å². The fourth-order valence-electron chi connectivity index (χ4n) is 2.91. The predicted octanol–water partition coefficient (Wildman–Crippen LogP) is 3.71. The summed E-state index contributed by atoms with van der Waals surface area (Å²) in [4.78, 5) is 32.0. The Balaban J connectivity index is 1.94. The minimum Gasteiger partial charge on any atom is -0.461 e. The van der Waals surface area contributed by atoms with Crippen LogP contribution in [0.15, 0.2) is 24.4 Å². The maximum absolute atomic E-state index is 13.9. The van der Waals surface area contributed by atoms with Crippen LogP contribution in [0.5, 0.6) is 0 Å². The number of carbonyl (C=O) groups excluding carboxylic acids is 2. The molecule has 2 heterocycles. The smallest absolute Gasteiger partial charge is 0.358 e. The SMILES string of the molecule is CCOC(=O)c1nc(-c2n[nH]cc2NC(=O)c2c(F)cccc2F)[nH]c1CC(C)C. The van der Waals surface area contributed by atoms with Crippen LogP contribution < -0.4 is 5.32 Å². The monoisotopic (exact) mass is 417 g/mol. The minimum absolute atomic E-state index is 0.126. The van der Waals surface area contributed by atoms with Crippen molar-refractivity contribution in [2.75, 3.05) is 11.9 Å². The fraction of sp³-hybridized carbons (Fsp3) is 0.300. The lowest BCUT2D eigenvalue weighted by molar-refractivity contribution is 0.0518. The van der Waals surface area contributed by atoms with Crippen molar-refractivity contribution in [1.82, 2.24) is 20.2 Å². The molecule has 0 fully saturated rings. The van der Waals surface area contributed by atoms with E-state index in [1.54, 1.807) is 6.92 Å². The zero-order chi connectivity index (χ0) is 21.8. The molecule has 0 atom stereocenters. The minimum atomic E-state index is -0.987. The van der Waals surface area contributed by atoms with Crippen LogP contribution in [0, 0.1) is 17.6 Å². The Morgan fingerprint density at radius 3 is 2.57 bits per heavy atom. The number of carbonyl (C=O) groups is 2. The first-order valence-corrected chi connectivity index (χ1v) is 9.37. The zero-order valence-corrected chi connectivity index (χ0v) is 16.7. The van der Waals surface area contributed by atoms with Gasteiger partial charge in [0.05, 0.1) is 18.0 Å². The van der Waals surface area contributed by atoms with Crippen LogP contribution >= 0.6 is 0 Å². The number of imidazole rings is 1. The Kier molecular flexibility index (Phi) is 6.24. The van der Waals surface area contributed by atoms with Gasteiger partial charge in [0.15, 0.2) is 17.2 Å². The molecule has 8 nitrogen and oxygen atoms in total.